The number of aryl methyl sites for hydroxylation is 1. The number of rotatable bonds is 6. The fourth-order valence-corrected chi connectivity index (χ4v) is 7.85. The van der Waals surface area contributed by atoms with Gasteiger partial charge in [0.2, 0.25) is 5.91 Å². The van der Waals surface area contributed by atoms with E-state index in [4.69, 9.17) is 0 Å². The number of carbonyl (C=O) groups excluding carboxylic acids is 1. The molecule has 6 rings (SSSR count). The minimum absolute atomic E-state index is 0.0945. The van der Waals surface area contributed by atoms with Crippen LogP contribution >= 0.6 is 11.8 Å². The summed E-state index contributed by atoms with van der Waals surface area (Å²) in [6, 6.07) is 5.56. The standard InChI is InChI=1S/C31H36F2N6O2S/c1-4-26(40)37-12-14-38(15-13-37)30-24-16-20(3)27(23-7-6-21(32)17-25(23)33)29-28(24)39(31(41)34-30)22(19-42-29)18-36-10-8-35(5-2)9-11-36/h4,6-7,16-17,22H,1,5,8-15,18-19H2,2-3H3/t22-/m0/s1. The highest BCUT2D eigenvalue weighted by Gasteiger charge is 2.33. The summed E-state index contributed by atoms with van der Waals surface area (Å²) in [4.78, 5) is 40.2. The van der Waals surface area contributed by atoms with Crippen molar-refractivity contribution in [3.05, 3.63) is 64.6 Å². The molecule has 0 spiro atoms. The third kappa shape index (κ3) is 5.22. The second-order valence-electron chi connectivity index (χ2n) is 11.2. The third-order valence-corrected chi connectivity index (χ3v) is 10.0. The van der Waals surface area contributed by atoms with Crippen molar-refractivity contribution in [3.8, 4) is 11.1 Å². The van der Waals surface area contributed by atoms with E-state index in [1.165, 1.54) is 18.2 Å². The molecule has 222 valence electrons. The number of benzene rings is 2. The number of hydrogen-bond acceptors (Lipinski definition) is 7. The van der Waals surface area contributed by atoms with E-state index in [1.54, 1.807) is 16.7 Å². The van der Waals surface area contributed by atoms with Crippen LogP contribution in [0.15, 0.2) is 46.6 Å². The molecule has 0 bridgehead atoms. The van der Waals surface area contributed by atoms with Gasteiger partial charge in [-0.25, -0.2) is 13.6 Å². The molecular formula is C31H36F2N6O2S. The minimum atomic E-state index is -0.628. The number of aromatic nitrogens is 2. The van der Waals surface area contributed by atoms with Crippen molar-refractivity contribution >= 4 is 34.4 Å². The van der Waals surface area contributed by atoms with E-state index in [9.17, 15) is 14.0 Å². The number of piperazine rings is 2. The molecule has 4 heterocycles. The highest BCUT2D eigenvalue weighted by molar-refractivity contribution is 7.99. The maximum Gasteiger partial charge on any atom is 0.350 e. The lowest BCUT2D eigenvalue weighted by Crippen LogP contribution is -2.50. The second-order valence-corrected chi connectivity index (χ2v) is 12.3. The summed E-state index contributed by atoms with van der Waals surface area (Å²) in [6.07, 6.45) is 1.32. The van der Waals surface area contributed by atoms with Gasteiger partial charge in [-0.15, -0.1) is 11.8 Å². The summed E-state index contributed by atoms with van der Waals surface area (Å²) in [5, 5.41) is 0.838. The van der Waals surface area contributed by atoms with Crippen LogP contribution < -0.4 is 10.6 Å². The molecule has 0 aliphatic carbocycles. The van der Waals surface area contributed by atoms with Crippen LogP contribution in [0.4, 0.5) is 14.6 Å². The van der Waals surface area contributed by atoms with Crippen molar-refractivity contribution in [2.24, 2.45) is 0 Å². The van der Waals surface area contributed by atoms with E-state index in [1.807, 2.05) is 17.6 Å². The van der Waals surface area contributed by atoms with E-state index >= 15 is 4.39 Å². The lowest BCUT2D eigenvalue weighted by atomic mass is 9.96. The summed E-state index contributed by atoms with van der Waals surface area (Å²) in [7, 11) is 0. The summed E-state index contributed by atoms with van der Waals surface area (Å²) in [5.74, 6) is -0.128. The normalized spacial score (nSPS) is 19.9. The molecule has 0 N–H and O–H groups in total. The van der Waals surface area contributed by atoms with Crippen LogP contribution in [0.5, 0.6) is 0 Å². The first-order valence-electron chi connectivity index (χ1n) is 14.6. The summed E-state index contributed by atoms with van der Waals surface area (Å²) >= 11 is 1.64. The Kier molecular flexibility index (Phi) is 8.08. The zero-order valence-electron chi connectivity index (χ0n) is 24.1. The molecule has 2 fully saturated rings. The van der Waals surface area contributed by atoms with Gasteiger partial charge in [-0.1, -0.05) is 13.5 Å². The molecule has 3 aromatic rings. The number of halogens is 2. The fourth-order valence-electron chi connectivity index (χ4n) is 6.48. The molecule has 3 aliphatic heterocycles. The molecule has 0 radical (unpaired) electrons. The first kappa shape index (κ1) is 28.8. The van der Waals surface area contributed by atoms with Gasteiger partial charge in [-0.3, -0.25) is 14.3 Å². The molecule has 3 aliphatic rings. The van der Waals surface area contributed by atoms with Gasteiger partial charge < -0.3 is 14.7 Å². The number of hydrogen-bond donors (Lipinski definition) is 0. The first-order chi connectivity index (χ1) is 20.3. The average molecular weight is 595 g/mol. The Labute approximate surface area is 248 Å². The number of thioether (sulfide) groups is 1. The van der Waals surface area contributed by atoms with Crippen molar-refractivity contribution in [1.29, 1.82) is 0 Å². The summed E-state index contributed by atoms with van der Waals surface area (Å²) in [6.45, 7) is 15.4. The smallest absolute Gasteiger partial charge is 0.350 e. The van der Waals surface area contributed by atoms with Crippen molar-refractivity contribution in [1.82, 2.24) is 24.3 Å². The van der Waals surface area contributed by atoms with E-state index in [0.29, 0.717) is 48.9 Å². The van der Waals surface area contributed by atoms with Crippen LogP contribution in [0.3, 0.4) is 0 Å². The Balaban J connectivity index is 1.47. The molecule has 42 heavy (non-hydrogen) atoms. The van der Waals surface area contributed by atoms with Crippen molar-refractivity contribution in [2.75, 3.05) is 76.1 Å². The molecule has 2 aromatic carbocycles. The first-order valence-corrected chi connectivity index (χ1v) is 15.6. The van der Waals surface area contributed by atoms with Crippen molar-refractivity contribution in [3.63, 3.8) is 0 Å². The van der Waals surface area contributed by atoms with Gasteiger partial charge in [0.15, 0.2) is 0 Å². The topological polar surface area (TPSA) is 64.9 Å². The Morgan fingerprint density at radius 2 is 1.79 bits per heavy atom. The van der Waals surface area contributed by atoms with E-state index in [-0.39, 0.29) is 17.6 Å². The van der Waals surface area contributed by atoms with Gasteiger partial charge in [0.1, 0.15) is 17.5 Å². The molecule has 0 saturated carbocycles. The van der Waals surface area contributed by atoms with Crippen LogP contribution in [-0.4, -0.2) is 101 Å². The van der Waals surface area contributed by atoms with E-state index in [0.717, 1.165) is 66.7 Å². The maximum absolute atomic E-state index is 15.2. The monoisotopic (exact) mass is 594 g/mol. The Morgan fingerprint density at radius 3 is 2.45 bits per heavy atom. The van der Waals surface area contributed by atoms with Gasteiger partial charge >= 0.3 is 5.69 Å². The number of nitrogens with zero attached hydrogens (tertiary/aromatic N) is 6. The maximum atomic E-state index is 15.2. The largest absolute Gasteiger partial charge is 0.352 e. The second kappa shape index (κ2) is 11.8. The summed E-state index contributed by atoms with van der Waals surface area (Å²) in [5.41, 5.74) is 2.27. The molecule has 1 atom stereocenters. The Morgan fingerprint density at radius 1 is 1.07 bits per heavy atom. The van der Waals surface area contributed by atoms with E-state index in [2.05, 4.69) is 33.2 Å². The van der Waals surface area contributed by atoms with Crippen LogP contribution in [0.2, 0.25) is 0 Å². The predicted molar refractivity (Wildman–Crippen MR) is 163 cm³/mol. The fraction of sp³-hybridized carbons (Fsp3) is 0.452. The molecular weight excluding hydrogens is 558 g/mol. The van der Waals surface area contributed by atoms with Gasteiger partial charge in [0.25, 0.3) is 0 Å². The molecule has 2 saturated heterocycles. The third-order valence-electron chi connectivity index (χ3n) is 8.77. The number of amides is 1. The number of carbonyl (C=O) groups is 1. The SMILES string of the molecule is C=CC(=O)N1CCN(c2nc(=O)n3c4c(c(-c5ccc(F)cc5F)c(C)cc24)SC[C@@H]3CN2CCN(CC)CC2)CC1. The van der Waals surface area contributed by atoms with Crippen LogP contribution in [-0.2, 0) is 4.79 Å². The summed E-state index contributed by atoms with van der Waals surface area (Å²) < 4.78 is 30.9. The zero-order chi connectivity index (χ0) is 29.5. The van der Waals surface area contributed by atoms with Crippen LogP contribution in [0.1, 0.15) is 18.5 Å². The minimum Gasteiger partial charge on any atom is -0.352 e. The highest BCUT2D eigenvalue weighted by atomic mass is 32.2. The molecule has 11 heteroatoms. The van der Waals surface area contributed by atoms with Gasteiger partial charge in [-0.05, 0) is 43.3 Å². The Bertz CT molecular complexity index is 1590. The van der Waals surface area contributed by atoms with Crippen molar-refractivity contribution < 1.29 is 13.6 Å². The molecule has 1 aromatic heterocycles. The average Bonchev–Trinajstić information content (AvgIpc) is 3.00. The number of anilines is 1. The highest BCUT2D eigenvalue weighted by Crippen LogP contribution is 2.46. The van der Waals surface area contributed by atoms with Gasteiger partial charge in [0, 0.05) is 92.1 Å². The van der Waals surface area contributed by atoms with Crippen LogP contribution in [0.25, 0.3) is 22.0 Å². The molecule has 8 nitrogen and oxygen atoms in total. The van der Waals surface area contributed by atoms with E-state index < -0.39 is 11.6 Å². The van der Waals surface area contributed by atoms with Gasteiger partial charge in [0.05, 0.1) is 11.6 Å². The number of likely N-dealkylation sites (N-methyl/N-ethyl adjacent to an activating group) is 1. The van der Waals surface area contributed by atoms with Crippen molar-refractivity contribution in [2.45, 2.75) is 24.8 Å². The molecule has 0 unspecified atom stereocenters. The zero-order valence-corrected chi connectivity index (χ0v) is 24.9. The quantitative estimate of drug-likeness (QED) is 0.403. The lowest BCUT2D eigenvalue weighted by Gasteiger charge is -2.39. The predicted octanol–water partition coefficient (Wildman–Crippen LogP) is 3.77. The lowest BCUT2D eigenvalue weighted by molar-refractivity contribution is -0.126. The molecule has 1 amide bonds. The van der Waals surface area contributed by atoms with Gasteiger partial charge in [-0.2, -0.15) is 4.98 Å². The Hall–Kier alpha value is -3.28. The van der Waals surface area contributed by atoms with Crippen LogP contribution in [0, 0.1) is 18.6 Å².